The molecule has 0 unspecified atom stereocenters. The van der Waals surface area contributed by atoms with Crippen LogP contribution in [0.5, 0.6) is 0 Å². The standard InChI is InChI=1S/C22H29N3O2S2/c1-22(2,3)17-7-9-18(10-8-17)23-21(28)24-19-11-13-20(14-12-19)29(26,27)25-15-5-4-6-16-25/h7-14H,4-6,15-16H2,1-3H3,(H2,23,24,28). The van der Waals surface area contributed by atoms with Crippen LogP contribution in [0.3, 0.4) is 0 Å². The first-order chi connectivity index (χ1) is 13.7. The maximum Gasteiger partial charge on any atom is 0.243 e. The van der Waals surface area contributed by atoms with Crippen molar-refractivity contribution >= 4 is 38.7 Å². The minimum absolute atomic E-state index is 0.105. The van der Waals surface area contributed by atoms with Crippen LogP contribution < -0.4 is 10.6 Å². The molecule has 2 N–H and O–H groups in total. The Hall–Kier alpha value is -1.96. The molecule has 3 rings (SSSR count). The van der Waals surface area contributed by atoms with E-state index >= 15 is 0 Å². The van der Waals surface area contributed by atoms with Gasteiger partial charge in [0.2, 0.25) is 10.0 Å². The fourth-order valence-electron chi connectivity index (χ4n) is 3.31. The summed E-state index contributed by atoms with van der Waals surface area (Å²) in [6.07, 6.45) is 2.95. The summed E-state index contributed by atoms with van der Waals surface area (Å²) in [6.45, 7) is 7.74. The smallest absolute Gasteiger partial charge is 0.243 e. The van der Waals surface area contributed by atoms with Crippen molar-refractivity contribution in [2.75, 3.05) is 23.7 Å². The molecule has 0 saturated carbocycles. The summed E-state index contributed by atoms with van der Waals surface area (Å²) in [4.78, 5) is 0.321. The summed E-state index contributed by atoms with van der Waals surface area (Å²) in [5.74, 6) is 0. The summed E-state index contributed by atoms with van der Waals surface area (Å²) >= 11 is 5.38. The third-order valence-corrected chi connectivity index (χ3v) is 7.19. The molecule has 1 aliphatic rings. The number of rotatable bonds is 4. The lowest BCUT2D eigenvalue weighted by atomic mass is 9.87. The normalized spacial score (nSPS) is 15.7. The molecule has 5 nitrogen and oxygen atoms in total. The number of hydrogen-bond acceptors (Lipinski definition) is 3. The van der Waals surface area contributed by atoms with E-state index in [0.29, 0.717) is 23.1 Å². The molecule has 0 aromatic heterocycles. The fraction of sp³-hybridized carbons (Fsp3) is 0.409. The van der Waals surface area contributed by atoms with Crippen LogP contribution in [0.25, 0.3) is 0 Å². The molecule has 0 aliphatic carbocycles. The van der Waals surface area contributed by atoms with Crippen molar-refractivity contribution in [3.8, 4) is 0 Å². The van der Waals surface area contributed by atoms with Crippen LogP contribution in [0.15, 0.2) is 53.4 Å². The molecule has 0 bridgehead atoms. The van der Waals surface area contributed by atoms with Crippen molar-refractivity contribution in [3.63, 3.8) is 0 Å². The van der Waals surface area contributed by atoms with Gasteiger partial charge in [0.15, 0.2) is 5.11 Å². The van der Waals surface area contributed by atoms with Crippen LogP contribution in [-0.2, 0) is 15.4 Å². The molecular formula is C22H29N3O2S2. The van der Waals surface area contributed by atoms with Crippen molar-refractivity contribution in [1.82, 2.24) is 4.31 Å². The predicted octanol–water partition coefficient (Wildman–Crippen LogP) is 4.97. The number of benzene rings is 2. The Morgan fingerprint density at radius 2 is 1.34 bits per heavy atom. The number of hydrogen-bond donors (Lipinski definition) is 2. The highest BCUT2D eigenvalue weighted by Gasteiger charge is 2.25. The average Bonchev–Trinajstić information content (AvgIpc) is 2.69. The van der Waals surface area contributed by atoms with Gasteiger partial charge in [-0.05, 0) is 72.4 Å². The summed E-state index contributed by atoms with van der Waals surface area (Å²) in [6, 6.07) is 14.9. The highest BCUT2D eigenvalue weighted by molar-refractivity contribution is 7.89. The van der Waals surface area contributed by atoms with Crippen molar-refractivity contribution in [1.29, 1.82) is 0 Å². The molecule has 1 heterocycles. The average molecular weight is 432 g/mol. The third kappa shape index (κ3) is 5.56. The summed E-state index contributed by atoms with van der Waals surface area (Å²) in [7, 11) is -3.41. The number of anilines is 2. The monoisotopic (exact) mass is 431 g/mol. The quantitative estimate of drug-likeness (QED) is 0.670. The van der Waals surface area contributed by atoms with Crippen LogP contribution in [0.4, 0.5) is 11.4 Å². The minimum Gasteiger partial charge on any atom is -0.332 e. The van der Waals surface area contributed by atoms with Gasteiger partial charge in [0, 0.05) is 24.5 Å². The van der Waals surface area contributed by atoms with Gasteiger partial charge < -0.3 is 10.6 Å². The van der Waals surface area contributed by atoms with Crippen molar-refractivity contribution < 1.29 is 8.42 Å². The van der Waals surface area contributed by atoms with Gasteiger partial charge in [0.05, 0.1) is 4.90 Å². The Labute approximate surface area is 179 Å². The topological polar surface area (TPSA) is 61.4 Å². The Morgan fingerprint density at radius 1 is 0.862 bits per heavy atom. The Morgan fingerprint density at radius 3 is 1.83 bits per heavy atom. The van der Waals surface area contributed by atoms with Crippen molar-refractivity contribution in [2.24, 2.45) is 0 Å². The lowest BCUT2D eigenvalue weighted by molar-refractivity contribution is 0.346. The molecule has 0 spiro atoms. The van der Waals surface area contributed by atoms with Crippen molar-refractivity contribution in [3.05, 3.63) is 54.1 Å². The number of nitrogens with zero attached hydrogens (tertiary/aromatic N) is 1. The highest BCUT2D eigenvalue weighted by atomic mass is 32.2. The molecular weight excluding hydrogens is 402 g/mol. The first-order valence-electron chi connectivity index (χ1n) is 9.95. The fourth-order valence-corrected chi connectivity index (χ4v) is 5.06. The van der Waals surface area contributed by atoms with Gasteiger partial charge >= 0.3 is 0 Å². The predicted molar refractivity (Wildman–Crippen MR) is 124 cm³/mol. The van der Waals surface area contributed by atoms with Gasteiger partial charge in [-0.1, -0.05) is 39.3 Å². The third-order valence-electron chi connectivity index (χ3n) is 5.07. The first kappa shape index (κ1) is 21.7. The SMILES string of the molecule is CC(C)(C)c1ccc(NC(=S)Nc2ccc(S(=O)(=O)N3CCCCC3)cc2)cc1. The second-order valence-corrected chi connectivity index (χ2v) is 10.7. The van der Waals surface area contributed by atoms with Gasteiger partial charge in [-0.3, -0.25) is 0 Å². The molecule has 1 aliphatic heterocycles. The molecule has 7 heteroatoms. The molecule has 156 valence electrons. The van der Waals surface area contributed by atoms with E-state index in [2.05, 4.69) is 43.5 Å². The molecule has 2 aromatic rings. The second-order valence-electron chi connectivity index (χ2n) is 8.40. The molecule has 29 heavy (non-hydrogen) atoms. The second kappa shape index (κ2) is 8.81. The summed E-state index contributed by atoms with van der Waals surface area (Å²) in [5.41, 5.74) is 3.01. The number of thiocarbonyl (C=S) groups is 1. The van der Waals surface area contributed by atoms with Gasteiger partial charge in [0.1, 0.15) is 0 Å². The van der Waals surface area contributed by atoms with Gasteiger partial charge in [-0.2, -0.15) is 4.31 Å². The lowest BCUT2D eigenvalue weighted by Gasteiger charge is -2.25. The first-order valence-corrected chi connectivity index (χ1v) is 11.8. The van der Waals surface area contributed by atoms with Crippen molar-refractivity contribution in [2.45, 2.75) is 50.3 Å². The van der Waals surface area contributed by atoms with E-state index in [9.17, 15) is 8.42 Å². The van der Waals surface area contributed by atoms with E-state index in [0.717, 1.165) is 30.6 Å². The van der Waals surface area contributed by atoms with Gasteiger partial charge in [0.25, 0.3) is 0 Å². The Bertz CT molecular complexity index is 941. The van der Waals surface area contributed by atoms with E-state index in [1.165, 1.54) is 5.56 Å². The number of sulfonamides is 1. The van der Waals surface area contributed by atoms with Gasteiger partial charge in [-0.15, -0.1) is 0 Å². The maximum absolute atomic E-state index is 12.7. The van der Waals surface area contributed by atoms with Crippen LogP contribution >= 0.6 is 12.2 Å². The summed E-state index contributed by atoms with van der Waals surface area (Å²) < 4.78 is 27.0. The van der Waals surface area contributed by atoms with Crippen LogP contribution in [0.2, 0.25) is 0 Å². The zero-order valence-corrected chi connectivity index (χ0v) is 18.9. The largest absolute Gasteiger partial charge is 0.332 e. The van der Waals surface area contributed by atoms with E-state index in [1.807, 2.05) is 12.1 Å². The zero-order valence-electron chi connectivity index (χ0n) is 17.2. The van der Waals surface area contributed by atoms with E-state index in [4.69, 9.17) is 12.2 Å². The lowest BCUT2D eigenvalue weighted by Crippen LogP contribution is -2.35. The Kier molecular flexibility index (Phi) is 6.61. The zero-order chi connectivity index (χ0) is 21.1. The van der Waals surface area contributed by atoms with Crippen LogP contribution in [0, 0.1) is 0 Å². The molecule has 0 atom stereocenters. The minimum atomic E-state index is -3.41. The molecule has 1 saturated heterocycles. The van der Waals surface area contributed by atoms with E-state index in [-0.39, 0.29) is 5.41 Å². The van der Waals surface area contributed by atoms with E-state index < -0.39 is 10.0 Å². The molecule has 1 fully saturated rings. The molecule has 0 amide bonds. The number of nitrogens with one attached hydrogen (secondary N) is 2. The summed E-state index contributed by atoms with van der Waals surface area (Å²) in [5, 5.41) is 6.72. The van der Waals surface area contributed by atoms with Gasteiger partial charge in [-0.25, -0.2) is 8.42 Å². The van der Waals surface area contributed by atoms with Crippen LogP contribution in [0.1, 0.15) is 45.6 Å². The molecule has 2 aromatic carbocycles. The Balaban J connectivity index is 1.61. The molecule has 0 radical (unpaired) electrons. The van der Waals surface area contributed by atoms with E-state index in [1.54, 1.807) is 28.6 Å². The highest BCUT2D eigenvalue weighted by Crippen LogP contribution is 2.24. The van der Waals surface area contributed by atoms with Crippen LogP contribution in [-0.4, -0.2) is 30.9 Å². The maximum atomic E-state index is 12.7. The number of piperidine rings is 1.